The number of hydrogen-bond acceptors (Lipinski definition) is 1. The molecular formula is C9H16F3O. The first kappa shape index (κ1) is 12.8. The summed E-state index contributed by atoms with van der Waals surface area (Å²) in [6, 6.07) is 0. The maximum atomic E-state index is 11.4. The molecule has 0 atom stereocenters. The van der Waals surface area contributed by atoms with Crippen LogP contribution in [0.1, 0.15) is 45.4 Å². The van der Waals surface area contributed by atoms with Crippen molar-refractivity contribution in [3.8, 4) is 0 Å². The van der Waals surface area contributed by atoms with E-state index in [0.29, 0.717) is 6.42 Å². The van der Waals surface area contributed by atoms with Crippen molar-refractivity contribution in [2.45, 2.75) is 51.8 Å². The summed E-state index contributed by atoms with van der Waals surface area (Å²) in [6.07, 6.45) is 1.01. The molecule has 0 spiro atoms. The Morgan fingerprint density at radius 2 is 1.69 bits per heavy atom. The summed E-state index contributed by atoms with van der Waals surface area (Å²) >= 11 is 0. The van der Waals surface area contributed by atoms with Crippen molar-refractivity contribution in [2.24, 2.45) is 0 Å². The average Bonchev–Trinajstić information content (AvgIpc) is 2.01. The highest BCUT2D eigenvalue weighted by atomic mass is 19.4. The highest BCUT2D eigenvalue weighted by Crippen LogP contribution is 2.19. The lowest BCUT2D eigenvalue weighted by Gasteiger charge is -2.05. The molecule has 0 heterocycles. The minimum atomic E-state index is -4.51. The molecule has 0 fully saturated rings. The standard InChI is InChI=1S/C9H16F3O/c1-2-3-4-5-6-7-8-13-9(10,11)12/h8H,2-7H2,1H3. The van der Waals surface area contributed by atoms with Gasteiger partial charge in [0.1, 0.15) is 0 Å². The number of halogens is 3. The lowest BCUT2D eigenvalue weighted by atomic mass is 10.1. The average molecular weight is 197 g/mol. The van der Waals surface area contributed by atoms with Crippen molar-refractivity contribution in [3.05, 3.63) is 6.61 Å². The van der Waals surface area contributed by atoms with Gasteiger partial charge in [-0.3, -0.25) is 4.74 Å². The fourth-order valence-electron chi connectivity index (χ4n) is 0.985. The first-order valence-corrected chi connectivity index (χ1v) is 4.62. The fraction of sp³-hybridized carbons (Fsp3) is 0.889. The van der Waals surface area contributed by atoms with Gasteiger partial charge in [-0.2, -0.15) is 0 Å². The fourth-order valence-corrected chi connectivity index (χ4v) is 0.985. The zero-order valence-corrected chi connectivity index (χ0v) is 7.86. The van der Waals surface area contributed by atoms with Crippen molar-refractivity contribution in [3.63, 3.8) is 0 Å². The Hall–Kier alpha value is -0.250. The zero-order valence-electron chi connectivity index (χ0n) is 7.86. The van der Waals surface area contributed by atoms with Gasteiger partial charge in [-0.25, -0.2) is 0 Å². The van der Waals surface area contributed by atoms with Gasteiger partial charge in [0.05, 0.1) is 6.61 Å². The summed E-state index contributed by atoms with van der Waals surface area (Å²) in [7, 11) is 0. The van der Waals surface area contributed by atoms with Crippen LogP contribution in [0.15, 0.2) is 0 Å². The van der Waals surface area contributed by atoms with E-state index in [-0.39, 0.29) is 0 Å². The lowest BCUT2D eigenvalue weighted by Crippen LogP contribution is -2.10. The van der Waals surface area contributed by atoms with Crippen LogP contribution in [0.25, 0.3) is 0 Å². The maximum Gasteiger partial charge on any atom is 0.522 e. The number of hydrogen-bond donors (Lipinski definition) is 0. The minimum absolute atomic E-state index is 0.378. The van der Waals surface area contributed by atoms with Gasteiger partial charge in [0, 0.05) is 0 Å². The van der Waals surface area contributed by atoms with E-state index >= 15 is 0 Å². The van der Waals surface area contributed by atoms with E-state index in [9.17, 15) is 13.2 Å². The van der Waals surface area contributed by atoms with Gasteiger partial charge in [-0.05, 0) is 6.42 Å². The topological polar surface area (TPSA) is 9.23 Å². The molecule has 0 aromatic heterocycles. The molecule has 0 saturated carbocycles. The summed E-state index contributed by atoms with van der Waals surface area (Å²) in [5, 5.41) is 0. The van der Waals surface area contributed by atoms with E-state index in [2.05, 4.69) is 11.7 Å². The molecule has 0 unspecified atom stereocenters. The van der Waals surface area contributed by atoms with Crippen molar-refractivity contribution in [2.75, 3.05) is 0 Å². The third kappa shape index (κ3) is 11.8. The summed E-state index contributed by atoms with van der Waals surface area (Å²) in [6.45, 7) is 2.94. The first-order valence-electron chi connectivity index (χ1n) is 4.62. The molecule has 0 aromatic carbocycles. The highest BCUT2D eigenvalue weighted by molar-refractivity contribution is 4.52. The van der Waals surface area contributed by atoms with Crippen molar-refractivity contribution >= 4 is 0 Å². The second kappa shape index (κ2) is 7.18. The minimum Gasteiger partial charge on any atom is -0.286 e. The molecule has 0 aliphatic rings. The Kier molecular flexibility index (Phi) is 7.04. The van der Waals surface area contributed by atoms with E-state index in [1.807, 2.05) is 0 Å². The Labute approximate surface area is 77.3 Å². The van der Waals surface area contributed by atoms with E-state index in [4.69, 9.17) is 0 Å². The quantitative estimate of drug-likeness (QED) is 0.559. The molecule has 4 heteroatoms. The number of rotatable bonds is 7. The Bertz CT molecular complexity index is 112. The van der Waals surface area contributed by atoms with Gasteiger partial charge in [0.25, 0.3) is 0 Å². The van der Waals surface area contributed by atoms with Crippen molar-refractivity contribution < 1.29 is 17.9 Å². The smallest absolute Gasteiger partial charge is 0.286 e. The summed E-state index contributed by atoms with van der Waals surface area (Å²) in [5.41, 5.74) is 0. The molecule has 0 aliphatic carbocycles. The molecule has 0 aliphatic heterocycles. The summed E-state index contributed by atoms with van der Waals surface area (Å²) in [5.74, 6) is 0. The van der Waals surface area contributed by atoms with Gasteiger partial charge in [0.15, 0.2) is 0 Å². The van der Waals surface area contributed by atoms with Crippen LogP contribution < -0.4 is 0 Å². The van der Waals surface area contributed by atoms with Gasteiger partial charge in [0.2, 0.25) is 0 Å². The van der Waals surface area contributed by atoms with Crippen LogP contribution >= 0.6 is 0 Å². The zero-order chi connectivity index (χ0) is 10.2. The Balaban J connectivity index is 3.00. The van der Waals surface area contributed by atoms with Crippen LogP contribution in [0.4, 0.5) is 13.2 Å². The molecular weight excluding hydrogens is 181 g/mol. The van der Waals surface area contributed by atoms with Crippen molar-refractivity contribution in [1.82, 2.24) is 0 Å². The molecule has 1 radical (unpaired) electrons. The third-order valence-corrected chi connectivity index (χ3v) is 1.64. The molecule has 1 nitrogen and oxygen atoms in total. The van der Waals surface area contributed by atoms with Crippen molar-refractivity contribution in [1.29, 1.82) is 0 Å². The highest BCUT2D eigenvalue weighted by Gasteiger charge is 2.28. The van der Waals surface area contributed by atoms with Gasteiger partial charge in [-0.15, -0.1) is 13.2 Å². The van der Waals surface area contributed by atoms with Gasteiger partial charge >= 0.3 is 6.36 Å². The van der Waals surface area contributed by atoms with E-state index in [0.717, 1.165) is 38.7 Å². The molecule has 0 N–H and O–H groups in total. The predicted octanol–water partition coefficient (Wildman–Crippen LogP) is 4.05. The molecule has 0 saturated heterocycles. The summed E-state index contributed by atoms with van der Waals surface area (Å²) < 4.78 is 37.8. The van der Waals surface area contributed by atoms with Crippen LogP contribution in [-0.2, 0) is 4.74 Å². The molecule has 0 aromatic rings. The Morgan fingerprint density at radius 3 is 2.23 bits per heavy atom. The third-order valence-electron chi connectivity index (χ3n) is 1.64. The van der Waals surface area contributed by atoms with Crippen LogP contribution in [0, 0.1) is 6.61 Å². The second-order valence-corrected chi connectivity index (χ2v) is 2.93. The second-order valence-electron chi connectivity index (χ2n) is 2.93. The largest absolute Gasteiger partial charge is 0.522 e. The van der Waals surface area contributed by atoms with Gasteiger partial charge < -0.3 is 0 Å². The monoisotopic (exact) mass is 197 g/mol. The molecule has 13 heavy (non-hydrogen) atoms. The molecule has 0 rings (SSSR count). The molecule has 79 valence electrons. The normalized spacial score (nSPS) is 12.0. The molecule has 0 bridgehead atoms. The number of ether oxygens (including phenoxy) is 1. The predicted molar refractivity (Wildman–Crippen MR) is 44.8 cm³/mol. The SMILES string of the molecule is CCCCCCC[CH]OC(F)(F)F. The van der Waals surface area contributed by atoms with E-state index in [1.54, 1.807) is 0 Å². The van der Waals surface area contributed by atoms with E-state index < -0.39 is 6.36 Å². The number of alkyl halides is 3. The molecule has 0 amide bonds. The summed E-state index contributed by atoms with van der Waals surface area (Å²) in [4.78, 5) is 0. The number of unbranched alkanes of at least 4 members (excludes halogenated alkanes) is 5. The van der Waals surface area contributed by atoms with Crippen LogP contribution in [-0.4, -0.2) is 6.36 Å². The Morgan fingerprint density at radius 1 is 1.08 bits per heavy atom. The van der Waals surface area contributed by atoms with Crippen LogP contribution in [0.5, 0.6) is 0 Å². The van der Waals surface area contributed by atoms with Crippen LogP contribution in [0.2, 0.25) is 0 Å². The van der Waals surface area contributed by atoms with Gasteiger partial charge in [-0.1, -0.05) is 39.0 Å². The lowest BCUT2D eigenvalue weighted by molar-refractivity contribution is -0.309. The van der Waals surface area contributed by atoms with Crippen LogP contribution in [0.3, 0.4) is 0 Å². The van der Waals surface area contributed by atoms with E-state index in [1.165, 1.54) is 0 Å². The maximum absolute atomic E-state index is 11.4. The first-order chi connectivity index (χ1) is 6.06.